The van der Waals surface area contributed by atoms with Gasteiger partial charge in [0.1, 0.15) is 0 Å². The maximum Gasteiger partial charge on any atom is -0.0297 e. The van der Waals surface area contributed by atoms with Crippen molar-refractivity contribution in [2.45, 2.75) is 78.6 Å². The zero-order valence-corrected chi connectivity index (χ0v) is 10.4. The van der Waals surface area contributed by atoms with E-state index in [0.29, 0.717) is 0 Å². The second-order valence-corrected chi connectivity index (χ2v) is 5.24. The van der Waals surface area contributed by atoms with Gasteiger partial charge in [0.15, 0.2) is 0 Å². The molecule has 2 fully saturated rings. The maximum absolute atomic E-state index is 2.43. The van der Waals surface area contributed by atoms with Crippen molar-refractivity contribution >= 4 is 0 Å². The Hall–Kier alpha value is 0. The van der Waals surface area contributed by atoms with Crippen molar-refractivity contribution in [3.63, 3.8) is 0 Å². The summed E-state index contributed by atoms with van der Waals surface area (Å²) in [5.41, 5.74) is 0.838. The number of hydrogen-bond donors (Lipinski definition) is 0. The van der Waals surface area contributed by atoms with Crippen molar-refractivity contribution in [1.29, 1.82) is 0 Å². The molecule has 0 aromatic heterocycles. The molecule has 0 bridgehead atoms. The second kappa shape index (κ2) is 5.78. The van der Waals surface area contributed by atoms with Gasteiger partial charge >= 0.3 is 0 Å². The third kappa shape index (κ3) is 3.00. The second-order valence-electron chi connectivity index (χ2n) is 5.24. The number of rotatable bonds is 0. The van der Waals surface area contributed by atoms with E-state index in [2.05, 4.69) is 6.92 Å². The minimum atomic E-state index is 0.838. The molecule has 2 rings (SSSR count). The summed E-state index contributed by atoms with van der Waals surface area (Å²) in [5, 5.41) is 0. The molecule has 2 aliphatic rings. The van der Waals surface area contributed by atoms with Crippen LogP contribution in [0.25, 0.3) is 0 Å². The first kappa shape index (κ1) is 12.1. The van der Waals surface area contributed by atoms with Crippen molar-refractivity contribution in [2.24, 2.45) is 11.3 Å². The zero-order valence-electron chi connectivity index (χ0n) is 10.4. The fourth-order valence-electron chi connectivity index (χ4n) is 3.18. The van der Waals surface area contributed by atoms with E-state index >= 15 is 0 Å². The van der Waals surface area contributed by atoms with Crippen LogP contribution in [0.5, 0.6) is 0 Å². The predicted octanol–water partition coefficient (Wildman–Crippen LogP) is 5.17. The fourth-order valence-corrected chi connectivity index (χ4v) is 3.18. The highest BCUT2D eigenvalue weighted by atomic mass is 14.4. The molecule has 0 aromatic rings. The Morgan fingerprint density at radius 3 is 1.79 bits per heavy atom. The predicted molar refractivity (Wildman–Crippen MR) is 64.5 cm³/mol. The van der Waals surface area contributed by atoms with Crippen molar-refractivity contribution in [2.75, 3.05) is 0 Å². The summed E-state index contributed by atoms with van der Waals surface area (Å²) >= 11 is 0. The lowest BCUT2D eigenvalue weighted by atomic mass is 9.63. The van der Waals surface area contributed by atoms with E-state index in [9.17, 15) is 0 Å². The quantitative estimate of drug-likeness (QED) is 0.501. The third-order valence-electron chi connectivity index (χ3n) is 4.25. The topological polar surface area (TPSA) is 0 Å². The van der Waals surface area contributed by atoms with Crippen LogP contribution in [0.1, 0.15) is 78.6 Å². The van der Waals surface area contributed by atoms with Gasteiger partial charge in [-0.15, -0.1) is 0 Å². The minimum absolute atomic E-state index is 0.838. The van der Waals surface area contributed by atoms with Gasteiger partial charge in [0.2, 0.25) is 0 Å². The lowest BCUT2D eigenvalue weighted by Crippen LogP contribution is -2.28. The molecule has 0 heteroatoms. The molecule has 0 aliphatic heterocycles. The molecule has 0 heterocycles. The van der Waals surface area contributed by atoms with Crippen LogP contribution in [0.15, 0.2) is 0 Å². The Morgan fingerprint density at radius 1 is 0.786 bits per heavy atom. The largest absolute Gasteiger partial charge is 0.0683 e. The summed E-state index contributed by atoms with van der Waals surface area (Å²) in [4.78, 5) is 0. The van der Waals surface area contributed by atoms with Gasteiger partial charge in [-0.2, -0.15) is 0 Å². The van der Waals surface area contributed by atoms with Crippen molar-refractivity contribution in [1.82, 2.24) is 0 Å². The molecule has 0 saturated heterocycles. The standard InChI is InChI=1S/C12H22.C2H6/c1-11-5-9-12(10-6-11)7-3-2-4-8-12;1-2/h11H,2-10H2,1H3;1-2H3. The first-order valence-electron chi connectivity index (χ1n) is 6.81. The van der Waals surface area contributed by atoms with Gasteiger partial charge in [-0.3, -0.25) is 0 Å². The normalized spacial score (nSPS) is 26.8. The van der Waals surface area contributed by atoms with Gasteiger partial charge in [0, 0.05) is 0 Å². The van der Waals surface area contributed by atoms with E-state index in [-0.39, 0.29) is 0 Å². The first-order valence-corrected chi connectivity index (χ1v) is 6.81. The average molecular weight is 196 g/mol. The molecule has 0 aromatic carbocycles. The van der Waals surface area contributed by atoms with E-state index in [1.54, 1.807) is 25.7 Å². The van der Waals surface area contributed by atoms with E-state index in [0.717, 1.165) is 11.3 Å². The first-order chi connectivity index (χ1) is 6.81. The summed E-state index contributed by atoms with van der Waals surface area (Å²) in [5.74, 6) is 1.03. The number of hydrogen-bond acceptors (Lipinski definition) is 0. The molecular formula is C14H28. The van der Waals surface area contributed by atoms with Crippen LogP contribution in [-0.2, 0) is 0 Å². The summed E-state index contributed by atoms with van der Waals surface area (Å²) in [6.07, 6.45) is 13.8. The highest BCUT2D eigenvalue weighted by Gasteiger charge is 2.34. The molecule has 0 nitrogen and oxygen atoms in total. The van der Waals surface area contributed by atoms with Crippen LogP contribution in [-0.4, -0.2) is 0 Å². The van der Waals surface area contributed by atoms with Gasteiger partial charge in [-0.1, -0.05) is 52.9 Å². The molecular weight excluding hydrogens is 168 g/mol. The van der Waals surface area contributed by atoms with Gasteiger partial charge < -0.3 is 0 Å². The third-order valence-corrected chi connectivity index (χ3v) is 4.25. The lowest BCUT2D eigenvalue weighted by molar-refractivity contribution is 0.102. The highest BCUT2D eigenvalue weighted by Crippen LogP contribution is 2.48. The monoisotopic (exact) mass is 196 g/mol. The fraction of sp³-hybridized carbons (Fsp3) is 1.00. The van der Waals surface area contributed by atoms with E-state index < -0.39 is 0 Å². The van der Waals surface area contributed by atoms with Crippen LogP contribution in [0.2, 0.25) is 0 Å². The summed E-state index contributed by atoms with van der Waals surface area (Å²) in [6.45, 7) is 6.43. The molecule has 0 atom stereocenters. The van der Waals surface area contributed by atoms with Gasteiger partial charge in [0.05, 0.1) is 0 Å². The maximum atomic E-state index is 2.43. The molecule has 2 aliphatic carbocycles. The Kier molecular flexibility index (Phi) is 4.98. The lowest BCUT2D eigenvalue weighted by Gasteiger charge is -2.42. The van der Waals surface area contributed by atoms with E-state index in [1.165, 1.54) is 32.1 Å². The average Bonchev–Trinajstić information content (AvgIpc) is 2.27. The van der Waals surface area contributed by atoms with Crippen molar-refractivity contribution < 1.29 is 0 Å². The van der Waals surface area contributed by atoms with Crippen LogP contribution >= 0.6 is 0 Å². The summed E-state index contributed by atoms with van der Waals surface area (Å²) < 4.78 is 0. The molecule has 0 radical (unpaired) electrons. The molecule has 84 valence electrons. The van der Waals surface area contributed by atoms with E-state index in [1.807, 2.05) is 13.8 Å². The van der Waals surface area contributed by atoms with Crippen LogP contribution < -0.4 is 0 Å². The van der Waals surface area contributed by atoms with Crippen LogP contribution in [0, 0.1) is 11.3 Å². The smallest absolute Gasteiger partial charge is 0.0297 e. The Labute approximate surface area is 90.5 Å². The Balaban J connectivity index is 0.000000461. The van der Waals surface area contributed by atoms with Crippen molar-refractivity contribution in [3.05, 3.63) is 0 Å². The summed E-state index contributed by atoms with van der Waals surface area (Å²) in [6, 6.07) is 0. The molecule has 0 unspecified atom stereocenters. The molecule has 1 spiro atoms. The van der Waals surface area contributed by atoms with E-state index in [4.69, 9.17) is 0 Å². The molecule has 0 N–H and O–H groups in total. The Morgan fingerprint density at radius 2 is 1.29 bits per heavy atom. The van der Waals surface area contributed by atoms with Crippen LogP contribution in [0.3, 0.4) is 0 Å². The molecule has 14 heavy (non-hydrogen) atoms. The highest BCUT2D eigenvalue weighted by molar-refractivity contribution is 4.86. The van der Waals surface area contributed by atoms with Gasteiger partial charge in [0.25, 0.3) is 0 Å². The molecule has 0 amide bonds. The molecule has 2 saturated carbocycles. The van der Waals surface area contributed by atoms with Crippen molar-refractivity contribution in [3.8, 4) is 0 Å². The summed E-state index contributed by atoms with van der Waals surface area (Å²) in [7, 11) is 0. The zero-order chi connectivity index (χ0) is 10.4. The Bertz CT molecular complexity index is 132. The van der Waals surface area contributed by atoms with Crippen LogP contribution in [0.4, 0.5) is 0 Å². The van der Waals surface area contributed by atoms with Gasteiger partial charge in [-0.05, 0) is 37.0 Å². The minimum Gasteiger partial charge on any atom is -0.0683 e. The SMILES string of the molecule is CC.CC1CCC2(CCCCC2)CC1. The van der Waals surface area contributed by atoms with Gasteiger partial charge in [-0.25, -0.2) is 0 Å².